The molecule has 0 amide bonds. The second-order valence-corrected chi connectivity index (χ2v) is 4.85. The standard InChI is InChI=1S/C11H18O/c1-9(10-3-4-10)7-11(8-12)5-2-6-11/h8-10H,2-7H2,1H3. The fraction of sp³-hybridized carbons (Fsp3) is 0.909. The molecule has 12 heavy (non-hydrogen) atoms. The number of hydrogen-bond acceptors (Lipinski definition) is 1. The Labute approximate surface area is 74.5 Å². The number of rotatable bonds is 4. The molecule has 2 saturated carbocycles. The molecule has 0 saturated heterocycles. The monoisotopic (exact) mass is 166 g/mol. The Morgan fingerprint density at radius 2 is 2.17 bits per heavy atom. The highest BCUT2D eigenvalue weighted by Gasteiger charge is 2.41. The van der Waals surface area contributed by atoms with Crippen molar-refractivity contribution < 1.29 is 4.79 Å². The first kappa shape index (κ1) is 8.28. The lowest BCUT2D eigenvalue weighted by molar-refractivity contribution is -0.121. The van der Waals surface area contributed by atoms with Crippen LogP contribution in [0, 0.1) is 17.3 Å². The van der Waals surface area contributed by atoms with Crippen LogP contribution >= 0.6 is 0 Å². The summed E-state index contributed by atoms with van der Waals surface area (Å²) in [6, 6.07) is 0. The van der Waals surface area contributed by atoms with Crippen LogP contribution in [0.25, 0.3) is 0 Å². The lowest BCUT2D eigenvalue weighted by Crippen LogP contribution is -2.33. The van der Waals surface area contributed by atoms with Crippen LogP contribution in [-0.2, 0) is 4.79 Å². The van der Waals surface area contributed by atoms with Gasteiger partial charge in [0, 0.05) is 5.41 Å². The van der Waals surface area contributed by atoms with E-state index in [0.29, 0.717) is 0 Å². The van der Waals surface area contributed by atoms with Gasteiger partial charge in [0.25, 0.3) is 0 Å². The summed E-state index contributed by atoms with van der Waals surface area (Å²) >= 11 is 0. The highest BCUT2D eigenvalue weighted by molar-refractivity contribution is 5.60. The number of aldehydes is 1. The molecule has 68 valence electrons. The predicted octanol–water partition coefficient (Wildman–Crippen LogP) is 2.79. The summed E-state index contributed by atoms with van der Waals surface area (Å²) in [5.41, 5.74) is 0.127. The molecule has 2 aliphatic rings. The zero-order chi connectivity index (χ0) is 8.60. The van der Waals surface area contributed by atoms with E-state index in [2.05, 4.69) is 6.92 Å². The van der Waals surface area contributed by atoms with Crippen LogP contribution in [-0.4, -0.2) is 6.29 Å². The Balaban J connectivity index is 1.86. The van der Waals surface area contributed by atoms with Crippen LogP contribution in [0.15, 0.2) is 0 Å². The maximum atomic E-state index is 10.9. The average molecular weight is 166 g/mol. The largest absolute Gasteiger partial charge is 0.303 e. The SMILES string of the molecule is CC(CC1(C=O)CCC1)C1CC1. The van der Waals surface area contributed by atoms with Gasteiger partial charge in [0.2, 0.25) is 0 Å². The van der Waals surface area contributed by atoms with Crippen molar-refractivity contribution in [2.24, 2.45) is 17.3 Å². The van der Waals surface area contributed by atoms with Crippen LogP contribution in [0.4, 0.5) is 0 Å². The molecule has 0 aromatic rings. The normalized spacial score (nSPS) is 29.1. The van der Waals surface area contributed by atoms with E-state index in [4.69, 9.17) is 0 Å². The highest BCUT2D eigenvalue weighted by atomic mass is 16.1. The van der Waals surface area contributed by atoms with Gasteiger partial charge in [0.1, 0.15) is 6.29 Å². The first-order valence-corrected chi connectivity index (χ1v) is 5.22. The van der Waals surface area contributed by atoms with Gasteiger partial charge in [-0.25, -0.2) is 0 Å². The number of hydrogen-bond donors (Lipinski definition) is 0. The molecule has 0 radical (unpaired) electrons. The van der Waals surface area contributed by atoms with Crippen molar-refractivity contribution in [3.63, 3.8) is 0 Å². The van der Waals surface area contributed by atoms with Crippen molar-refractivity contribution in [2.45, 2.75) is 45.4 Å². The van der Waals surface area contributed by atoms with E-state index in [-0.39, 0.29) is 5.41 Å². The van der Waals surface area contributed by atoms with Crippen molar-refractivity contribution in [3.8, 4) is 0 Å². The van der Waals surface area contributed by atoms with Crippen LogP contribution in [0.2, 0.25) is 0 Å². The van der Waals surface area contributed by atoms with E-state index in [9.17, 15) is 4.79 Å². The summed E-state index contributed by atoms with van der Waals surface area (Å²) < 4.78 is 0. The quantitative estimate of drug-likeness (QED) is 0.587. The molecule has 0 bridgehead atoms. The Kier molecular flexibility index (Phi) is 1.97. The topological polar surface area (TPSA) is 17.1 Å². The van der Waals surface area contributed by atoms with Gasteiger partial charge < -0.3 is 4.79 Å². The molecule has 2 rings (SSSR count). The first-order chi connectivity index (χ1) is 5.76. The molecular formula is C11H18O. The van der Waals surface area contributed by atoms with E-state index in [1.807, 2.05) is 0 Å². The zero-order valence-corrected chi connectivity index (χ0v) is 7.88. The smallest absolute Gasteiger partial charge is 0.126 e. The van der Waals surface area contributed by atoms with Crippen LogP contribution < -0.4 is 0 Å². The number of carbonyl (C=O) groups is 1. The van der Waals surface area contributed by atoms with Gasteiger partial charge in [-0.15, -0.1) is 0 Å². The molecule has 0 heterocycles. The van der Waals surface area contributed by atoms with Crippen LogP contribution in [0.1, 0.15) is 45.4 Å². The van der Waals surface area contributed by atoms with Gasteiger partial charge >= 0.3 is 0 Å². The van der Waals surface area contributed by atoms with Crippen molar-refractivity contribution in [3.05, 3.63) is 0 Å². The number of carbonyl (C=O) groups excluding carboxylic acids is 1. The van der Waals surface area contributed by atoms with E-state index in [0.717, 1.165) is 24.7 Å². The van der Waals surface area contributed by atoms with Crippen molar-refractivity contribution in [1.82, 2.24) is 0 Å². The molecule has 1 heteroatoms. The van der Waals surface area contributed by atoms with Crippen LogP contribution in [0.3, 0.4) is 0 Å². The second kappa shape index (κ2) is 2.86. The molecule has 1 atom stereocenters. The third kappa shape index (κ3) is 1.41. The zero-order valence-electron chi connectivity index (χ0n) is 7.88. The summed E-state index contributed by atoms with van der Waals surface area (Å²) in [4.78, 5) is 10.9. The third-order valence-corrected chi connectivity index (χ3v) is 3.75. The highest BCUT2D eigenvalue weighted by Crippen LogP contribution is 2.49. The maximum Gasteiger partial charge on any atom is 0.126 e. The van der Waals surface area contributed by atoms with Gasteiger partial charge in [-0.05, 0) is 43.9 Å². The maximum absolute atomic E-state index is 10.9. The lowest BCUT2D eigenvalue weighted by Gasteiger charge is -2.38. The molecular weight excluding hydrogens is 148 g/mol. The molecule has 2 aliphatic carbocycles. The molecule has 0 aromatic heterocycles. The van der Waals surface area contributed by atoms with Gasteiger partial charge in [-0.1, -0.05) is 13.3 Å². The van der Waals surface area contributed by atoms with Crippen molar-refractivity contribution in [1.29, 1.82) is 0 Å². The molecule has 1 unspecified atom stereocenters. The van der Waals surface area contributed by atoms with Gasteiger partial charge in [0.05, 0.1) is 0 Å². The lowest BCUT2D eigenvalue weighted by atomic mass is 9.65. The van der Waals surface area contributed by atoms with Gasteiger partial charge in [-0.2, -0.15) is 0 Å². The van der Waals surface area contributed by atoms with Crippen molar-refractivity contribution in [2.75, 3.05) is 0 Å². The Morgan fingerprint density at radius 1 is 1.50 bits per heavy atom. The Hall–Kier alpha value is -0.330. The molecule has 0 aromatic carbocycles. The van der Waals surface area contributed by atoms with E-state index >= 15 is 0 Å². The fourth-order valence-corrected chi connectivity index (χ4v) is 2.47. The molecule has 0 spiro atoms. The average Bonchev–Trinajstić information content (AvgIpc) is 2.78. The fourth-order valence-electron chi connectivity index (χ4n) is 2.47. The summed E-state index contributed by atoms with van der Waals surface area (Å²) in [6.07, 6.45) is 8.82. The minimum Gasteiger partial charge on any atom is -0.303 e. The summed E-state index contributed by atoms with van der Waals surface area (Å²) in [5.74, 6) is 1.76. The molecule has 0 N–H and O–H groups in total. The summed E-state index contributed by atoms with van der Waals surface area (Å²) in [5, 5.41) is 0. The Morgan fingerprint density at radius 3 is 2.50 bits per heavy atom. The minimum atomic E-state index is 0.127. The minimum absolute atomic E-state index is 0.127. The second-order valence-electron chi connectivity index (χ2n) is 4.85. The predicted molar refractivity (Wildman–Crippen MR) is 48.9 cm³/mol. The molecule has 1 nitrogen and oxygen atoms in total. The van der Waals surface area contributed by atoms with Gasteiger partial charge in [-0.3, -0.25) is 0 Å². The van der Waals surface area contributed by atoms with Crippen molar-refractivity contribution >= 4 is 6.29 Å². The molecule has 0 aliphatic heterocycles. The summed E-state index contributed by atoms with van der Waals surface area (Å²) in [7, 11) is 0. The molecule has 2 fully saturated rings. The van der Waals surface area contributed by atoms with E-state index in [1.54, 1.807) is 0 Å². The van der Waals surface area contributed by atoms with Gasteiger partial charge in [0.15, 0.2) is 0 Å². The summed E-state index contributed by atoms with van der Waals surface area (Å²) in [6.45, 7) is 2.32. The van der Waals surface area contributed by atoms with E-state index in [1.165, 1.54) is 32.0 Å². The van der Waals surface area contributed by atoms with Crippen LogP contribution in [0.5, 0.6) is 0 Å². The Bertz CT molecular complexity index is 177. The third-order valence-electron chi connectivity index (χ3n) is 3.75. The van der Waals surface area contributed by atoms with E-state index < -0.39 is 0 Å². The first-order valence-electron chi connectivity index (χ1n) is 5.22.